The average Bonchev–Trinajstić information content (AvgIpc) is 3.22. The Hall–Kier alpha value is -2.64. The zero-order valence-electron chi connectivity index (χ0n) is 15.3. The van der Waals surface area contributed by atoms with Crippen molar-refractivity contribution in [1.82, 2.24) is 14.9 Å². The molecule has 0 aliphatic carbocycles. The number of fused-ring (bicyclic) bond motifs is 2. The molecule has 1 N–H and O–H groups in total. The van der Waals surface area contributed by atoms with E-state index in [0.717, 1.165) is 17.2 Å². The molecule has 0 saturated carbocycles. The van der Waals surface area contributed by atoms with Crippen LogP contribution in [0.2, 0.25) is 0 Å². The fraction of sp³-hybridized carbons (Fsp3) is 0.190. The van der Waals surface area contributed by atoms with Crippen molar-refractivity contribution < 1.29 is 4.79 Å². The van der Waals surface area contributed by atoms with Gasteiger partial charge in [0.25, 0.3) is 5.56 Å². The second-order valence-electron chi connectivity index (χ2n) is 6.44. The molecule has 0 aliphatic heterocycles. The zero-order chi connectivity index (χ0) is 19.5. The minimum atomic E-state index is -0.101. The normalized spacial score (nSPS) is 11.2. The van der Waals surface area contributed by atoms with E-state index in [1.165, 1.54) is 21.2 Å². The number of rotatable bonds is 6. The van der Waals surface area contributed by atoms with E-state index in [4.69, 9.17) is 0 Å². The molecule has 4 rings (SSSR count). The summed E-state index contributed by atoms with van der Waals surface area (Å²) in [7, 11) is 1.70. The lowest BCUT2D eigenvalue weighted by Gasteiger charge is -2.10. The van der Waals surface area contributed by atoms with Crippen molar-refractivity contribution in [3.8, 4) is 0 Å². The van der Waals surface area contributed by atoms with Gasteiger partial charge in [-0.1, -0.05) is 42.1 Å². The van der Waals surface area contributed by atoms with Crippen LogP contribution in [0.4, 0.5) is 0 Å². The molecule has 4 aromatic rings. The van der Waals surface area contributed by atoms with Crippen LogP contribution in [-0.2, 0) is 18.3 Å². The molecule has 5 nitrogen and oxygen atoms in total. The largest absolute Gasteiger partial charge is 0.355 e. The Morgan fingerprint density at radius 2 is 1.96 bits per heavy atom. The van der Waals surface area contributed by atoms with Gasteiger partial charge in [-0.25, -0.2) is 4.98 Å². The molecule has 0 aliphatic rings. The van der Waals surface area contributed by atoms with Crippen molar-refractivity contribution in [3.05, 3.63) is 69.1 Å². The Morgan fingerprint density at radius 1 is 1.18 bits per heavy atom. The van der Waals surface area contributed by atoms with Gasteiger partial charge in [0.15, 0.2) is 5.16 Å². The summed E-state index contributed by atoms with van der Waals surface area (Å²) in [6.07, 6.45) is 0.827. The number of amides is 1. The average molecular weight is 410 g/mol. The standard InChI is InChI=1S/C21H19N3O2S2/c1-24-20(26)17-11-14-5-2-3-6-15(14)12-18(17)23-21(24)28-13-19(25)22-9-8-16-7-4-10-27-16/h2-7,10-12H,8-9,13H2,1H3,(H,22,25). The van der Waals surface area contributed by atoms with E-state index in [1.54, 1.807) is 18.4 Å². The van der Waals surface area contributed by atoms with E-state index in [9.17, 15) is 9.59 Å². The summed E-state index contributed by atoms with van der Waals surface area (Å²) in [6, 6.07) is 15.8. The molecule has 0 atom stereocenters. The monoisotopic (exact) mass is 409 g/mol. The Labute approximate surface area is 170 Å². The number of thiophene rings is 1. The van der Waals surface area contributed by atoms with Crippen LogP contribution < -0.4 is 10.9 Å². The van der Waals surface area contributed by atoms with Crippen LogP contribution in [0.25, 0.3) is 21.7 Å². The van der Waals surface area contributed by atoms with E-state index < -0.39 is 0 Å². The Morgan fingerprint density at radius 3 is 2.71 bits per heavy atom. The van der Waals surface area contributed by atoms with Gasteiger partial charge in [-0.15, -0.1) is 11.3 Å². The summed E-state index contributed by atoms with van der Waals surface area (Å²) in [6.45, 7) is 0.607. The van der Waals surface area contributed by atoms with Crippen LogP contribution in [0.15, 0.2) is 63.9 Å². The number of aromatic nitrogens is 2. The second-order valence-corrected chi connectivity index (χ2v) is 8.42. The maximum absolute atomic E-state index is 12.8. The predicted molar refractivity (Wildman–Crippen MR) is 116 cm³/mol. The fourth-order valence-corrected chi connectivity index (χ4v) is 4.54. The first-order valence-corrected chi connectivity index (χ1v) is 10.8. The van der Waals surface area contributed by atoms with Crippen molar-refractivity contribution in [2.24, 2.45) is 7.05 Å². The van der Waals surface area contributed by atoms with Crippen LogP contribution in [0.5, 0.6) is 0 Å². The molecule has 0 fully saturated rings. The number of hydrogen-bond donors (Lipinski definition) is 1. The van der Waals surface area contributed by atoms with Crippen LogP contribution in [0, 0.1) is 0 Å². The van der Waals surface area contributed by atoms with E-state index in [1.807, 2.05) is 47.8 Å². The smallest absolute Gasteiger partial charge is 0.261 e. The van der Waals surface area contributed by atoms with Gasteiger partial charge in [0, 0.05) is 18.5 Å². The van der Waals surface area contributed by atoms with Gasteiger partial charge in [-0.2, -0.15) is 0 Å². The van der Waals surface area contributed by atoms with Crippen LogP contribution in [-0.4, -0.2) is 27.8 Å². The summed E-state index contributed by atoms with van der Waals surface area (Å²) in [5, 5.41) is 8.13. The lowest BCUT2D eigenvalue weighted by Crippen LogP contribution is -2.28. The number of thioether (sulfide) groups is 1. The third kappa shape index (κ3) is 3.95. The lowest BCUT2D eigenvalue weighted by molar-refractivity contribution is -0.118. The molecule has 0 unspecified atom stereocenters. The highest BCUT2D eigenvalue weighted by atomic mass is 32.2. The van der Waals surface area contributed by atoms with Crippen molar-refractivity contribution in [1.29, 1.82) is 0 Å². The van der Waals surface area contributed by atoms with E-state index in [-0.39, 0.29) is 17.2 Å². The number of benzene rings is 2. The van der Waals surface area contributed by atoms with Gasteiger partial charge < -0.3 is 5.32 Å². The third-order valence-corrected chi connectivity index (χ3v) is 6.47. The maximum Gasteiger partial charge on any atom is 0.261 e. The van der Waals surface area contributed by atoms with Gasteiger partial charge in [-0.05, 0) is 40.8 Å². The fourth-order valence-electron chi connectivity index (χ4n) is 3.03. The highest BCUT2D eigenvalue weighted by Gasteiger charge is 2.12. The SMILES string of the molecule is Cn1c(SCC(=O)NCCc2cccs2)nc2cc3ccccc3cc2c1=O. The van der Waals surface area contributed by atoms with E-state index in [0.29, 0.717) is 22.6 Å². The van der Waals surface area contributed by atoms with Gasteiger partial charge in [0.1, 0.15) is 0 Å². The number of hydrogen-bond acceptors (Lipinski definition) is 5. The Balaban J connectivity index is 1.48. The minimum Gasteiger partial charge on any atom is -0.355 e. The lowest BCUT2D eigenvalue weighted by atomic mass is 10.1. The van der Waals surface area contributed by atoms with Gasteiger partial charge >= 0.3 is 0 Å². The molecule has 0 radical (unpaired) electrons. The highest BCUT2D eigenvalue weighted by Crippen LogP contribution is 2.22. The second kappa shape index (κ2) is 8.16. The minimum absolute atomic E-state index is 0.0607. The van der Waals surface area contributed by atoms with Crippen molar-refractivity contribution in [2.45, 2.75) is 11.6 Å². The first-order valence-electron chi connectivity index (χ1n) is 8.93. The molecule has 0 spiro atoms. The molecule has 1 amide bonds. The van der Waals surface area contributed by atoms with Crippen molar-refractivity contribution in [3.63, 3.8) is 0 Å². The maximum atomic E-state index is 12.8. The van der Waals surface area contributed by atoms with Crippen molar-refractivity contribution >= 4 is 50.7 Å². The summed E-state index contributed by atoms with van der Waals surface area (Å²) in [4.78, 5) is 30.8. The molecule has 7 heteroatoms. The summed E-state index contributed by atoms with van der Waals surface area (Å²) >= 11 is 2.97. The topological polar surface area (TPSA) is 64.0 Å². The van der Waals surface area contributed by atoms with E-state index in [2.05, 4.69) is 16.4 Å². The molecule has 142 valence electrons. The molecule has 2 aromatic heterocycles. The molecular formula is C21H19N3O2S2. The van der Waals surface area contributed by atoms with Crippen LogP contribution in [0.3, 0.4) is 0 Å². The highest BCUT2D eigenvalue weighted by molar-refractivity contribution is 7.99. The Kier molecular flexibility index (Phi) is 5.45. The van der Waals surface area contributed by atoms with Crippen LogP contribution in [0.1, 0.15) is 4.88 Å². The van der Waals surface area contributed by atoms with E-state index >= 15 is 0 Å². The number of carbonyl (C=O) groups is 1. The Bertz CT molecular complexity index is 1200. The van der Waals surface area contributed by atoms with Gasteiger partial charge in [-0.3, -0.25) is 14.2 Å². The van der Waals surface area contributed by atoms with Gasteiger partial charge in [0.05, 0.1) is 16.7 Å². The molecular weight excluding hydrogens is 390 g/mol. The first kappa shape index (κ1) is 18.7. The molecule has 28 heavy (non-hydrogen) atoms. The summed E-state index contributed by atoms with van der Waals surface area (Å²) < 4.78 is 1.51. The molecule has 0 bridgehead atoms. The van der Waals surface area contributed by atoms with Gasteiger partial charge in [0.2, 0.25) is 5.91 Å². The van der Waals surface area contributed by atoms with Crippen molar-refractivity contribution in [2.75, 3.05) is 12.3 Å². The quantitative estimate of drug-likeness (QED) is 0.300. The molecule has 2 aromatic carbocycles. The summed E-state index contributed by atoms with van der Waals surface area (Å²) in [5.74, 6) is 0.165. The molecule has 0 saturated heterocycles. The molecule has 2 heterocycles. The van der Waals surface area contributed by atoms with Crippen LogP contribution >= 0.6 is 23.1 Å². The number of nitrogens with one attached hydrogen (secondary N) is 1. The predicted octanol–water partition coefficient (Wildman–Crippen LogP) is 3.60. The third-order valence-electron chi connectivity index (χ3n) is 4.51. The number of carbonyl (C=O) groups excluding carboxylic acids is 1. The zero-order valence-corrected chi connectivity index (χ0v) is 17.0. The number of nitrogens with zero attached hydrogens (tertiary/aromatic N) is 2. The first-order chi connectivity index (χ1) is 13.6. The summed E-state index contributed by atoms with van der Waals surface area (Å²) in [5.41, 5.74) is 0.554.